The molecule has 2 heterocycles. The Kier molecular flexibility index (Phi) is 5.66. The Morgan fingerprint density at radius 1 is 0.833 bits per heavy atom. The highest BCUT2D eigenvalue weighted by atomic mass is 16.3. The Balaban J connectivity index is 1.19. The van der Waals surface area contributed by atoms with Crippen LogP contribution in [0, 0.1) is 5.92 Å². The van der Waals surface area contributed by atoms with Crippen molar-refractivity contribution in [1.82, 2.24) is 9.13 Å². The van der Waals surface area contributed by atoms with Gasteiger partial charge in [-0.05, 0) is 91.6 Å². The third-order valence-electron chi connectivity index (χ3n) is 6.96. The molecule has 0 aliphatic heterocycles. The Bertz CT molecular complexity index is 1590. The van der Waals surface area contributed by atoms with Crippen molar-refractivity contribution in [3.8, 4) is 5.69 Å². The molecule has 1 aliphatic rings. The van der Waals surface area contributed by atoms with Crippen molar-refractivity contribution in [2.24, 2.45) is 5.92 Å². The SMILES string of the molecule is O=C(CC1CC1)c1ccc(-n2ccc3cc(NC(=O)c4ccc5c(ccn5CCO)c4)ccc32)cc1. The van der Waals surface area contributed by atoms with Crippen LogP contribution in [0.2, 0.25) is 0 Å². The van der Waals surface area contributed by atoms with E-state index in [9.17, 15) is 14.7 Å². The molecule has 36 heavy (non-hydrogen) atoms. The van der Waals surface area contributed by atoms with Gasteiger partial charge >= 0.3 is 0 Å². The zero-order valence-corrected chi connectivity index (χ0v) is 19.9. The van der Waals surface area contributed by atoms with Gasteiger partial charge in [-0.2, -0.15) is 0 Å². The van der Waals surface area contributed by atoms with Crippen LogP contribution in [0.15, 0.2) is 85.2 Å². The number of carbonyl (C=O) groups is 2. The maximum atomic E-state index is 12.9. The topological polar surface area (TPSA) is 76.3 Å². The zero-order chi connectivity index (χ0) is 24.6. The fourth-order valence-electron chi connectivity index (χ4n) is 4.80. The molecule has 0 bridgehead atoms. The van der Waals surface area contributed by atoms with Gasteiger partial charge in [0, 0.05) is 64.2 Å². The number of aliphatic hydroxyl groups is 1. The molecule has 1 aliphatic carbocycles. The first-order valence-electron chi connectivity index (χ1n) is 12.3. The fourth-order valence-corrected chi connectivity index (χ4v) is 4.80. The third kappa shape index (κ3) is 4.32. The van der Waals surface area contributed by atoms with Gasteiger partial charge in [0.15, 0.2) is 5.78 Å². The number of amides is 1. The molecular formula is C30H27N3O3. The van der Waals surface area contributed by atoms with Gasteiger partial charge in [0.1, 0.15) is 0 Å². The second kappa shape index (κ2) is 9.13. The van der Waals surface area contributed by atoms with Crippen LogP contribution in [-0.2, 0) is 6.54 Å². The van der Waals surface area contributed by atoms with Gasteiger partial charge in [0.25, 0.3) is 5.91 Å². The molecule has 0 atom stereocenters. The quantitative estimate of drug-likeness (QED) is 0.277. The predicted octanol–water partition coefficient (Wildman–Crippen LogP) is 5.81. The fraction of sp³-hybridized carbons (Fsp3) is 0.200. The number of rotatable bonds is 8. The van der Waals surface area contributed by atoms with Crippen LogP contribution in [0.4, 0.5) is 5.69 Å². The van der Waals surface area contributed by atoms with E-state index in [0.29, 0.717) is 24.4 Å². The van der Waals surface area contributed by atoms with Crippen molar-refractivity contribution in [3.05, 3.63) is 96.3 Å². The monoisotopic (exact) mass is 477 g/mol. The van der Waals surface area contributed by atoms with Crippen LogP contribution in [0.25, 0.3) is 27.5 Å². The van der Waals surface area contributed by atoms with E-state index in [0.717, 1.165) is 38.7 Å². The maximum Gasteiger partial charge on any atom is 0.255 e. The Labute approximate surface area is 208 Å². The van der Waals surface area contributed by atoms with E-state index in [-0.39, 0.29) is 18.3 Å². The maximum absolute atomic E-state index is 12.9. The largest absolute Gasteiger partial charge is 0.395 e. The summed E-state index contributed by atoms with van der Waals surface area (Å²) in [5, 5.41) is 14.2. The van der Waals surface area contributed by atoms with Crippen molar-refractivity contribution >= 4 is 39.2 Å². The van der Waals surface area contributed by atoms with Gasteiger partial charge in [-0.25, -0.2) is 0 Å². The standard InChI is InChI=1S/C30H27N3O3/c34-16-15-32-13-11-22-18-24(5-9-27(22)32)30(36)31-25-6-10-28-23(19-25)12-14-33(28)26-7-3-21(4-8-26)29(35)17-20-1-2-20/h3-14,18-20,34H,1-2,15-17H2,(H,31,36). The van der Waals surface area contributed by atoms with E-state index < -0.39 is 0 Å². The number of nitrogens with zero attached hydrogens (tertiary/aromatic N) is 2. The minimum absolute atomic E-state index is 0.0710. The lowest BCUT2D eigenvalue weighted by Crippen LogP contribution is -2.11. The van der Waals surface area contributed by atoms with Gasteiger partial charge in [-0.15, -0.1) is 0 Å². The van der Waals surface area contributed by atoms with Crippen LogP contribution in [0.5, 0.6) is 0 Å². The molecule has 2 aromatic heterocycles. The average Bonchev–Trinajstić information content (AvgIpc) is 3.47. The summed E-state index contributed by atoms with van der Waals surface area (Å²) in [5.74, 6) is 0.641. The molecule has 6 heteroatoms. The van der Waals surface area contributed by atoms with Gasteiger partial charge in [-0.3, -0.25) is 9.59 Å². The van der Waals surface area contributed by atoms with Crippen molar-refractivity contribution in [1.29, 1.82) is 0 Å². The van der Waals surface area contributed by atoms with Gasteiger partial charge in [-0.1, -0.05) is 0 Å². The summed E-state index contributed by atoms with van der Waals surface area (Å²) in [7, 11) is 0. The van der Waals surface area contributed by atoms with Crippen LogP contribution in [-0.4, -0.2) is 32.5 Å². The molecule has 5 aromatic rings. The average molecular weight is 478 g/mol. The number of fused-ring (bicyclic) bond motifs is 2. The van der Waals surface area contributed by atoms with Gasteiger partial charge < -0.3 is 19.6 Å². The molecule has 6 rings (SSSR count). The van der Waals surface area contributed by atoms with Crippen LogP contribution < -0.4 is 5.32 Å². The summed E-state index contributed by atoms with van der Waals surface area (Å²) in [6.45, 7) is 0.596. The molecular weight excluding hydrogens is 450 g/mol. The van der Waals surface area contributed by atoms with E-state index >= 15 is 0 Å². The molecule has 0 spiro atoms. The first-order valence-corrected chi connectivity index (χ1v) is 12.3. The second-order valence-electron chi connectivity index (χ2n) is 9.54. The number of benzene rings is 3. The molecule has 6 nitrogen and oxygen atoms in total. The van der Waals surface area contributed by atoms with E-state index in [2.05, 4.69) is 9.88 Å². The minimum atomic E-state index is -0.169. The summed E-state index contributed by atoms with van der Waals surface area (Å²) >= 11 is 0. The third-order valence-corrected chi connectivity index (χ3v) is 6.96. The number of aromatic nitrogens is 2. The number of ketones is 1. The van der Waals surface area contributed by atoms with Crippen molar-refractivity contribution in [2.75, 3.05) is 11.9 Å². The molecule has 2 N–H and O–H groups in total. The summed E-state index contributed by atoms with van der Waals surface area (Å²) in [6.07, 6.45) is 6.93. The highest BCUT2D eigenvalue weighted by Gasteiger charge is 2.24. The molecule has 3 aromatic carbocycles. The first-order chi connectivity index (χ1) is 17.6. The lowest BCUT2D eigenvalue weighted by atomic mass is 10.1. The van der Waals surface area contributed by atoms with E-state index in [1.165, 1.54) is 12.8 Å². The van der Waals surface area contributed by atoms with Crippen molar-refractivity contribution in [2.45, 2.75) is 25.8 Å². The Hall–Kier alpha value is -4.16. The lowest BCUT2D eigenvalue weighted by Gasteiger charge is -2.09. The molecule has 1 fully saturated rings. The van der Waals surface area contributed by atoms with Crippen molar-refractivity contribution in [3.63, 3.8) is 0 Å². The summed E-state index contributed by atoms with van der Waals surface area (Å²) in [5.41, 5.74) is 5.09. The van der Waals surface area contributed by atoms with E-state index in [4.69, 9.17) is 0 Å². The highest BCUT2D eigenvalue weighted by molar-refractivity contribution is 6.07. The summed E-state index contributed by atoms with van der Waals surface area (Å²) in [6, 6.07) is 23.2. The van der Waals surface area contributed by atoms with Crippen LogP contribution >= 0.6 is 0 Å². The van der Waals surface area contributed by atoms with Crippen LogP contribution in [0.1, 0.15) is 40.0 Å². The summed E-state index contributed by atoms with van der Waals surface area (Å²) in [4.78, 5) is 25.3. The van der Waals surface area contributed by atoms with Gasteiger partial charge in [0.05, 0.1) is 12.1 Å². The molecule has 0 saturated heterocycles. The molecule has 0 unspecified atom stereocenters. The van der Waals surface area contributed by atoms with Gasteiger partial charge in [0.2, 0.25) is 0 Å². The molecule has 180 valence electrons. The normalized spacial score (nSPS) is 13.4. The second-order valence-corrected chi connectivity index (χ2v) is 9.54. The van der Waals surface area contributed by atoms with Crippen LogP contribution in [0.3, 0.4) is 0 Å². The highest BCUT2D eigenvalue weighted by Crippen LogP contribution is 2.33. The number of hydrogen-bond donors (Lipinski definition) is 2. The number of anilines is 1. The number of hydrogen-bond acceptors (Lipinski definition) is 3. The van der Waals surface area contributed by atoms with E-state index in [1.807, 2.05) is 83.7 Å². The smallest absolute Gasteiger partial charge is 0.255 e. The molecule has 1 amide bonds. The number of Topliss-reactive ketones (excluding diaryl/α,β-unsaturated/α-hetero) is 1. The van der Waals surface area contributed by atoms with Crippen molar-refractivity contribution < 1.29 is 14.7 Å². The number of carbonyl (C=O) groups excluding carboxylic acids is 2. The zero-order valence-electron chi connectivity index (χ0n) is 19.9. The Morgan fingerprint density at radius 2 is 1.56 bits per heavy atom. The molecule has 1 saturated carbocycles. The summed E-state index contributed by atoms with van der Waals surface area (Å²) < 4.78 is 4.05. The number of nitrogens with one attached hydrogen (secondary N) is 1. The first kappa shape index (κ1) is 22.3. The van der Waals surface area contributed by atoms with E-state index in [1.54, 1.807) is 6.07 Å². The number of aliphatic hydroxyl groups excluding tert-OH is 1. The predicted molar refractivity (Wildman–Crippen MR) is 142 cm³/mol. The lowest BCUT2D eigenvalue weighted by molar-refractivity contribution is 0.0974. The molecule has 0 radical (unpaired) electrons. The Morgan fingerprint density at radius 3 is 2.33 bits per heavy atom. The minimum Gasteiger partial charge on any atom is -0.395 e.